The molecule has 0 heteroatoms. The van der Waals surface area contributed by atoms with E-state index in [0.717, 1.165) is 0 Å². The van der Waals surface area contributed by atoms with Crippen molar-refractivity contribution in [2.24, 2.45) is 0 Å². The first-order valence-corrected chi connectivity index (χ1v) is 8.06. The van der Waals surface area contributed by atoms with E-state index in [-0.39, 0.29) is 0 Å². The van der Waals surface area contributed by atoms with Crippen molar-refractivity contribution < 1.29 is 0 Å². The molecule has 2 aromatic carbocycles. The maximum absolute atomic E-state index is 2.38. The minimum Gasteiger partial charge on any atom is -0.0509 e. The summed E-state index contributed by atoms with van der Waals surface area (Å²) in [5, 5.41) is 5.71. The summed E-state index contributed by atoms with van der Waals surface area (Å²) in [7, 11) is 0. The largest absolute Gasteiger partial charge is 0.0509 e. The molecule has 0 aliphatic heterocycles. The molecule has 0 saturated heterocycles. The zero-order valence-electron chi connectivity index (χ0n) is 14.3. The molecule has 0 nitrogen and oxygen atoms in total. The minimum absolute atomic E-state index is 1.39. The van der Waals surface area contributed by atoms with Crippen LogP contribution in [0.1, 0.15) is 36.1 Å². The van der Waals surface area contributed by atoms with Crippen molar-refractivity contribution in [3.8, 4) is 0 Å². The molecule has 0 heterocycles. The molecule has 0 radical (unpaired) electrons. The molecule has 0 bridgehead atoms. The maximum atomic E-state index is 2.38. The van der Waals surface area contributed by atoms with Crippen LogP contribution in [0.5, 0.6) is 0 Å². The van der Waals surface area contributed by atoms with E-state index in [1.165, 1.54) is 65.4 Å². The van der Waals surface area contributed by atoms with Crippen LogP contribution in [-0.4, -0.2) is 0 Å². The van der Waals surface area contributed by atoms with Gasteiger partial charge in [-0.25, -0.2) is 0 Å². The van der Waals surface area contributed by atoms with Crippen molar-refractivity contribution in [2.75, 3.05) is 0 Å². The second-order valence-electron chi connectivity index (χ2n) is 6.96. The first-order chi connectivity index (χ1) is 10.4. The average molecular weight is 286 g/mol. The van der Waals surface area contributed by atoms with Gasteiger partial charge in [0.05, 0.1) is 0 Å². The molecular weight excluding hydrogens is 264 g/mol. The van der Waals surface area contributed by atoms with Gasteiger partial charge >= 0.3 is 0 Å². The van der Waals surface area contributed by atoms with Gasteiger partial charge in [0.15, 0.2) is 0 Å². The molecule has 0 spiro atoms. The molecule has 0 aromatic heterocycles. The van der Waals surface area contributed by atoms with Crippen molar-refractivity contribution in [2.45, 2.75) is 41.5 Å². The number of hydrogen-bond donors (Lipinski definition) is 0. The molecule has 2 aromatic rings. The molecule has 2 aliphatic rings. The standard InChI is InChI=1S/C22H22/c1-11-7-17-15(5)21-20-10-14(4)12(2)8-18(20)16(6)22(21)19(17)9-13(11)3/h7-10H,1-6H3. The van der Waals surface area contributed by atoms with Crippen molar-refractivity contribution in [3.05, 3.63) is 67.4 Å². The highest BCUT2D eigenvalue weighted by Crippen LogP contribution is 2.31. The second kappa shape index (κ2) is 4.23. The predicted molar refractivity (Wildman–Crippen MR) is 95.3 cm³/mol. The summed E-state index contributed by atoms with van der Waals surface area (Å²) in [6.45, 7) is 13.4. The third-order valence-corrected chi connectivity index (χ3v) is 5.61. The Bertz CT molecular complexity index is 1010. The Balaban J connectivity index is 2.31. The quantitative estimate of drug-likeness (QED) is 0.697. The van der Waals surface area contributed by atoms with Gasteiger partial charge in [0, 0.05) is 0 Å². The monoisotopic (exact) mass is 286 g/mol. The smallest absolute Gasteiger partial charge is 0.00606 e. The van der Waals surface area contributed by atoms with Crippen LogP contribution in [0.3, 0.4) is 0 Å². The van der Waals surface area contributed by atoms with Crippen LogP contribution in [0.2, 0.25) is 0 Å². The van der Waals surface area contributed by atoms with Gasteiger partial charge in [-0.3, -0.25) is 0 Å². The predicted octanol–water partition coefficient (Wildman–Crippen LogP) is 2.29. The first-order valence-electron chi connectivity index (χ1n) is 8.06. The molecule has 22 heavy (non-hydrogen) atoms. The molecule has 0 fully saturated rings. The number of aryl methyl sites for hydroxylation is 4. The molecular formula is C22H22. The van der Waals surface area contributed by atoms with E-state index in [9.17, 15) is 0 Å². The van der Waals surface area contributed by atoms with Gasteiger partial charge in [0.2, 0.25) is 0 Å². The number of fused-ring (bicyclic) bond motifs is 3. The Morgan fingerprint density at radius 2 is 0.682 bits per heavy atom. The van der Waals surface area contributed by atoms with E-state index in [1.807, 2.05) is 0 Å². The van der Waals surface area contributed by atoms with Crippen LogP contribution in [0.15, 0.2) is 24.3 Å². The van der Waals surface area contributed by atoms with E-state index < -0.39 is 0 Å². The highest BCUT2D eigenvalue weighted by molar-refractivity contribution is 6.25. The zero-order valence-corrected chi connectivity index (χ0v) is 14.3. The zero-order chi connectivity index (χ0) is 15.8. The van der Waals surface area contributed by atoms with E-state index in [1.54, 1.807) is 0 Å². The summed E-state index contributed by atoms with van der Waals surface area (Å²) in [4.78, 5) is 0. The van der Waals surface area contributed by atoms with Crippen LogP contribution < -0.4 is 20.9 Å². The van der Waals surface area contributed by atoms with E-state index in [2.05, 4.69) is 65.8 Å². The summed E-state index contributed by atoms with van der Waals surface area (Å²) < 4.78 is 0. The lowest BCUT2D eigenvalue weighted by Gasteiger charge is -2.02. The summed E-state index contributed by atoms with van der Waals surface area (Å²) >= 11 is 0. The average Bonchev–Trinajstić information content (AvgIpc) is 2.89. The van der Waals surface area contributed by atoms with Crippen LogP contribution in [0, 0.1) is 27.7 Å². The Morgan fingerprint density at radius 3 is 1.00 bits per heavy atom. The first kappa shape index (κ1) is 13.6. The summed E-state index contributed by atoms with van der Waals surface area (Å²) in [5.74, 6) is 0. The normalized spacial score (nSPS) is 15.4. The fourth-order valence-corrected chi connectivity index (χ4v) is 3.98. The van der Waals surface area contributed by atoms with Gasteiger partial charge in [-0.1, -0.05) is 24.3 Å². The molecule has 0 amide bonds. The van der Waals surface area contributed by atoms with Crippen molar-refractivity contribution in [3.63, 3.8) is 0 Å². The molecule has 2 aliphatic carbocycles. The lowest BCUT2D eigenvalue weighted by molar-refractivity contribution is 1.29. The Morgan fingerprint density at radius 1 is 0.409 bits per heavy atom. The van der Waals surface area contributed by atoms with E-state index >= 15 is 0 Å². The van der Waals surface area contributed by atoms with Gasteiger partial charge in [-0.2, -0.15) is 0 Å². The van der Waals surface area contributed by atoms with Crippen molar-refractivity contribution in [1.29, 1.82) is 0 Å². The third-order valence-electron chi connectivity index (χ3n) is 5.61. The van der Waals surface area contributed by atoms with Gasteiger partial charge in [0.1, 0.15) is 0 Å². The summed E-state index contributed by atoms with van der Waals surface area (Å²) in [6.07, 6.45) is 0. The van der Waals surface area contributed by atoms with Gasteiger partial charge in [-0.05, 0) is 107 Å². The van der Waals surface area contributed by atoms with Crippen LogP contribution >= 0.6 is 0 Å². The number of rotatable bonds is 0. The summed E-state index contributed by atoms with van der Waals surface area (Å²) in [6, 6.07) is 9.50. The van der Waals surface area contributed by atoms with Crippen LogP contribution in [0.25, 0.3) is 22.3 Å². The highest BCUT2D eigenvalue weighted by atomic mass is 14.3. The van der Waals surface area contributed by atoms with Gasteiger partial charge in [0.25, 0.3) is 0 Å². The lowest BCUT2D eigenvalue weighted by atomic mass is 10.0. The van der Waals surface area contributed by atoms with Crippen LogP contribution in [-0.2, 0) is 0 Å². The van der Waals surface area contributed by atoms with Gasteiger partial charge in [-0.15, -0.1) is 0 Å². The Labute approximate surface area is 131 Å². The number of benzene rings is 2. The molecule has 4 rings (SSSR count). The highest BCUT2D eigenvalue weighted by Gasteiger charge is 2.24. The van der Waals surface area contributed by atoms with Gasteiger partial charge < -0.3 is 0 Å². The lowest BCUT2D eigenvalue weighted by Crippen LogP contribution is -2.28. The molecule has 110 valence electrons. The maximum Gasteiger partial charge on any atom is -0.00606 e. The fraction of sp³-hybridized carbons (Fsp3) is 0.273. The Hall–Kier alpha value is -2.08. The fourth-order valence-electron chi connectivity index (χ4n) is 3.98. The molecule has 0 N–H and O–H groups in total. The van der Waals surface area contributed by atoms with Crippen LogP contribution in [0.4, 0.5) is 0 Å². The SMILES string of the molecule is CC1=c2cc(C)c(C)cc2=C2C(C)=c3cc(C)c(C)cc3=C12. The van der Waals surface area contributed by atoms with E-state index in [4.69, 9.17) is 0 Å². The topological polar surface area (TPSA) is 0 Å². The Kier molecular flexibility index (Phi) is 2.61. The molecule has 0 unspecified atom stereocenters. The summed E-state index contributed by atoms with van der Waals surface area (Å²) in [5.41, 5.74) is 11.4. The molecule has 0 atom stereocenters. The third kappa shape index (κ3) is 1.53. The second-order valence-corrected chi connectivity index (χ2v) is 6.96. The molecule has 0 saturated carbocycles. The number of hydrogen-bond acceptors (Lipinski definition) is 0. The van der Waals surface area contributed by atoms with Crippen molar-refractivity contribution in [1.82, 2.24) is 0 Å². The van der Waals surface area contributed by atoms with Crippen molar-refractivity contribution >= 4 is 22.3 Å². The van der Waals surface area contributed by atoms with E-state index in [0.29, 0.717) is 0 Å². The minimum atomic E-state index is 1.39.